The molecule has 1 aromatic heterocycles. The highest BCUT2D eigenvalue weighted by Crippen LogP contribution is 2.26. The molecular weight excluding hydrogens is 256 g/mol. The minimum Gasteiger partial charge on any atom is -0.394 e. The Morgan fingerprint density at radius 2 is 2.27 bits per heavy atom. The van der Waals surface area contributed by atoms with Gasteiger partial charge in [0.25, 0.3) is 0 Å². The minimum atomic E-state index is -0.316. The van der Waals surface area contributed by atoms with Gasteiger partial charge in [0.15, 0.2) is 0 Å². The third-order valence-electron chi connectivity index (χ3n) is 2.63. The van der Waals surface area contributed by atoms with Gasteiger partial charge in [-0.1, -0.05) is 6.92 Å². The first kappa shape index (κ1) is 12.5. The number of nitrogens with one attached hydrogen (secondary N) is 1. The summed E-state index contributed by atoms with van der Waals surface area (Å²) >= 11 is 3.48. The summed E-state index contributed by atoms with van der Waals surface area (Å²) in [5.41, 5.74) is 0.812. The molecule has 4 heteroatoms. The fourth-order valence-corrected chi connectivity index (χ4v) is 1.49. The zero-order valence-electron chi connectivity index (χ0n) is 9.34. The molecule has 0 radical (unpaired) electrons. The van der Waals surface area contributed by atoms with Crippen LogP contribution in [-0.2, 0) is 0 Å². The van der Waals surface area contributed by atoms with Gasteiger partial charge >= 0.3 is 0 Å². The highest BCUT2D eigenvalue weighted by Gasteiger charge is 2.22. The Balaban J connectivity index is 2.94. The van der Waals surface area contributed by atoms with E-state index in [1.54, 1.807) is 6.20 Å². The zero-order valence-corrected chi connectivity index (χ0v) is 10.9. The minimum absolute atomic E-state index is 0.0889. The van der Waals surface area contributed by atoms with Crippen molar-refractivity contribution in [1.82, 2.24) is 4.98 Å². The molecular formula is C11H17BrN2O. The molecule has 0 saturated heterocycles. The normalized spacial score (nSPS) is 14.7. The third kappa shape index (κ3) is 2.92. The van der Waals surface area contributed by atoms with Crippen LogP contribution in [0.15, 0.2) is 16.7 Å². The average molecular weight is 273 g/mol. The summed E-state index contributed by atoms with van der Waals surface area (Å²) in [4.78, 5) is 4.25. The Morgan fingerprint density at radius 1 is 1.60 bits per heavy atom. The number of aromatic nitrogens is 1. The van der Waals surface area contributed by atoms with Gasteiger partial charge in [-0.2, -0.15) is 0 Å². The number of hydrogen-bond donors (Lipinski definition) is 2. The van der Waals surface area contributed by atoms with Crippen molar-refractivity contribution in [3.63, 3.8) is 0 Å². The average Bonchev–Trinajstić information content (AvgIpc) is 2.25. The summed E-state index contributed by atoms with van der Waals surface area (Å²) in [5.74, 6) is 0.786. The second-order valence-corrected chi connectivity index (χ2v) is 4.78. The van der Waals surface area contributed by atoms with Crippen molar-refractivity contribution in [3.05, 3.63) is 22.3 Å². The summed E-state index contributed by atoms with van der Waals surface area (Å²) in [6.45, 7) is 6.11. The Hall–Kier alpha value is -0.610. The van der Waals surface area contributed by atoms with Gasteiger partial charge in [-0.15, -0.1) is 0 Å². The van der Waals surface area contributed by atoms with Crippen molar-refractivity contribution in [2.45, 2.75) is 32.7 Å². The van der Waals surface area contributed by atoms with Crippen LogP contribution < -0.4 is 5.32 Å². The van der Waals surface area contributed by atoms with Gasteiger partial charge in [0, 0.05) is 6.20 Å². The van der Waals surface area contributed by atoms with E-state index in [1.807, 2.05) is 26.8 Å². The zero-order chi connectivity index (χ0) is 11.5. The lowest BCUT2D eigenvalue weighted by atomic mass is 10.0. The Kier molecular flexibility index (Phi) is 4.11. The highest BCUT2D eigenvalue weighted by molar-refractivity contribution is 9.10. The maximum absolute atomic E-state index is 9.30. The molecule has 1 atom stereocenters. The first-order valence-corrected chi connectivity index (χ1v) is 5.82. The van der Waals surface area contributed by atoms with Crippen LogP contribution in [0.1, 0.15) is 25.8 Å². The fourth-order valence-electron chi connectivity index (χ4n) is 1.15. The molecule has 15 heavy (non-hydrogen) atoms. The molecule has 0 aromatic carbocycles. The van der Waals surface area contributed by atoms with Crippen LogP contribution in [0.4, 0.5) is 5.82 Å². The van der Waals surface area contributed by atoms with Gasteiger partial charge in [0.2, 0.25) is 0 Å². The van der Waals surface area contributed by atoms with Gasteiger partial charge in [-0.3, -0.25) is 0 Å². The predicted octanol–water partition coefficient (Wildman–Crippen LogP) is 2.73. The lowest BCUT2D eigenvalue weighted by Gasteiger charge is -2.28. The molecule has 0 bridgehead atoms. The van der Waals surface area contributed by atoms with E-state index in [1.165, 1.54) is 0 Å². The van der Waals surface area contributed by atoms with Gasteiger partial charge in [-0.25, -0.2) is 4.98 Å². The molecule has 1 aromatic rings. The number of rotatable bonds is 4. The fraction of sp³-hybridized carbons (Fsp3) is 0.545. The van der Waals surface area contributed by atoms with E-state index in [9.17, 15) is 5.11 Å². The van der Waals surface area contributed by atoms with Crippen LogP contribution in [0.2, 0.25) is 0 Å². The first-order chi connectivity index (χ1) is 7.02. The summed E-state index contributed by atoms with van der Waals surface area (Å²) in [6, 6.07) is 1.94. The first-order valence-electron chi connectivity index (χ1n) is 5.02. The number of aryl methyl sites for hydroxylation is 1. The number of anilines is 1. The topological polar surface area (TPSA) is 45.1 Å². The molecule has 0 saturated carbocycles. The van der Waals surface area contributed by atoms with E-state index in [2.05, 4.69) is 26.2 Å². The molecule has 1 heterocycles. The molecule has 0 amide bonds. The predicted molar refractivity (Wildman–Crippen MR) is 66.1 cm³/mol. The molecule has 1 rings (SSSR count). The third-order valence-corrected chi connectivity index (χ3v) is 3.63. The second-order valence-electron chi connectivity index (χ2n) is 3.99. The summed E-state index contributed by atoms with van der Waals surface area (Å²) < 4.78 is 0.957. The molecule has 84 valence electrons. The number of halogens is 1. The van der Waals surface area contributed by atoms with Crippen LogP contribution in [0.25, 0.3) is 0 Å². The second kappa shape index (κ2) is 4.94. The van der Waals surface area contributed by atoms with Crippen LogP contribution in [0, 0.1) is 6.92 Å². The van der Waals surface area contributed by atoms with E-state index in [0.29, 0.717) is 0 Å². The number of aliphatic hydroxyl groups excluding tert-OH is 1. The number of hydrogen-bond acceptors (Lipinski definition) is 3. The SMILES string of the molecule is CCC(C)(CO)Nc1nccc(C)c1Br. The Bertz CT molecular complexity index is 337. The Labute approximate surface area is 99.1 Å². The largest absolute Gasteiger partial charge is 0.394 e. The number of aliphatic hydroxyl groups is 1. The molecule has 0 fully saturated rings. The molecule has 0 aliphatic carbocycles. The maximum Gasteiger partial charge on any atom is 0.141 e. The van der Waals surface area contributed by atoms with E-state index < -0.39 is 0 Å². The van der Waals surface area contributed by atoms with E-state index in [4.69, 9.17) is 0 Å². The molecule has 3 nitrogen and oxygen atoms in total. The van der Waals surface area contributed by atoms with Gasteiger partial charge in [0.05, 0.1) is 16.6 Å². The van der Waals surface area contributed by atoms with E-state index >= 15 is 0 Å². The van der Waals surface area contributed by atoms with Crippen LogP contribution >= 0.6 is 15.9 Å². The number of pyridine rings is 1. The monoisotopic (exact) mass is 272 g/mol. The van der Waals surface area contributed by atoms with Crippen LogP contribution in [0.3, 0.4) is 0 Å². The molecule has 1 unspecified atom stereocenters. The van der Waals surface area contributed by atoms with E-state index in [-0.39, 0.29) is 12.1 Å². The van der Waals surface area contributed by atoms with Crippen molar-refractivity contribution in [3.8, 4) is 0 Å². The Morgan fingerprint density at radius 3 is 2.80 bits per heavy atom. The molecule has 0 aliphatic heterocycles. The maximum atomic E-state index is 9.30. The summed E-state index contributed by atoms with van der Waals surface area (Å²) in [7, 11) is 0. The number of nitrogens with zero attached hydrogens (tertiary/aromatic N) is 1. The standard InChI is InChI=1S/C11H17BrN2O/c1-4-11(3,7-15)14-10-9(12)8(2)5-6-13-10/h5-6,15H,4,7H2,1-3H3,(H,13,14). The van der Waals surface area contributed by atoms with Crippen molar-refractivity contribution >= 4 is 21.7 Å². The van der Waals surface area contributed by atoms with E-state index in [0.717, 1.165) is 22.3 Å². The molecule has 2 N–H and O–H groups in total. The summed E-state index contributed by atoms with van der Waals surface area (Å²) in [5, 5.41) is 12.6. The van der Waals surface area contributed by atoms with Gasteiger partial charge in [-0.05, 0) is 47.8 Å². The lowest BCUT2D eigenvalue weighted by Crippen LogP contribution is -2.38. The van der Waals surface area contributed by atoms with Crippen molar-refractivity contribution in [2.75, 3.05) is 11.9 Å². The quantitative estimate of drug-likeness (QED) is 0.886. The van der Waals surface area contributed by atoms with Crippen molar-refractivity contribution in [2.24, 2.45) is 0 Å². The lowest BCUT2D eigenvalue weighted by molar-refractivity contribution is 0.218. The molecule has 0 aliphatic rings. The van der Waals surface area contributed by atoms with Gasteiger partial charge in [0.1, 0.15) is 5.82 Å². The summed E-state index contributed by atoms with van der Waals surface area (Å²) in [6.07, 6.45) is 2.60. The molecule has 0 spiro atoms. The smallest absolute Gasteiger partial charge is 0.141 e. The van der Waals surface area contributed by atoms with Gasteiger partial charge < -0.3 is 10.4 Å². The van der Waals surface area contributed by atoms with Crippen molar-refractivity contribution < 1.29 is 5.11 Å². The van der Waals surface area contributed by atoms with Crippen LogP contribution in [0.5, 0.6) is 0 Å². The van der Waals surface area contributed by atoms with Crippen LogP contribution in [-0.4, -0.2) is 22.2 Å². The highest BCUT2D eigenvalue weighted by atomic mass is 79.9. The van der Waals surface area contributed by atoms with Crippen molar-refractivity contribution in [1.29, 1.82) is 0 Å².